The molecule has 16 heteroatoms. The van der Waals surface area contributed by atoms with Crippen molar-refractivity contribution >= 4 is 50.9 Å². The van der Waals surface area contributed by atoms with E-state index in [0.29, 0.717) is 82.3 Å². The number of halogens is 1. The Morgan fingerprint density at radius 1 is 0.905 bits per heavy atom. The first kappa shape index (κ1) is 47.3. The van der Waals surface area contributed by atoms with Crippen molar-refractivity contribution < 1.29 is 28.6 Å². The number of hydrogen-bond acceptors (Lipinski definition) is 13. The molecule has 74 heavy (non-hydrogen) atoms. The van der Waals surface area contributed by atoms with E-state index in [1.54, 1.807) is 17.2 Å². The molecule has 7 fully saturated rings. The second kappa shape index (κ2) is 18.8. The normalized spacial score (nSPS) is 27.1. The molecule has 8 heterocycles. The van der Waals surface area contributed by atoms with E-state index in [1.165, 1.54) is 18.9 Å². The number of terminal acetylenes is 1. The lowest BCUT2D eigenvalue weighted by atomic mass is 9.69. The molecule has 5 aromatic rings. The number of piperidine rings is 2. The minimum Gasteiger partial charge on any atom is -0.508 e. The van der Waals surface area contributed by atoms with Crippen LogP contribution in [0.2, 0.25) is 0 Å². The molecule has 8 aliphatic rings. The fraction of sp³-hybridized carbons (Fsp3) is 0.517. The summed E-state index contributed by atoms with van der Waals surface area (Å²) in [6, 6.07) is 15.4. The number of carbonyl (C=O) groups excluding carboxylic acids is 3. The van der Waals surface area contributed by atoms with Crippen LogP contribution in [0.5, 0.6) is 11.8 Å². The first-order valence-corrected chi connectivity index (χ1v) is 27.2. The molecule has 5 saturated heterocycles. The number of anilines is 2. The summed E-state index contributed by atoms with van der Waals surface area (Å²) in [5.41, 5.74) is 3.89. The summed E-state index contributed by atoms with van der Waals surface area (Å²) in [6.07, 6.45) is 17.4. The molecule has 2 aliphatic carbocycles. The van der Waals surface area contributed by atoms with E-state index in [4.69, 9.17) is 26.1 Å². The second-order valence-electron chi connectivity index (χ2n) is 23.1. The van der Waals surface area contributed by atoms with Gasteiger partial charge in [-0.1, -0.05) is 18.1 Å². The summed E-state index contributed by atoms with van der Waals surface area (Å²) in [5.74, 6) is 4.12. The van der Waals surface area contributed by atoms with Crippen LogP contribution in [0.4, 0.5) is 15.9 Å². The number of piperazine rings is 2. The molecule has 3 N–H and O–H groups in total. The number of benzene rings is 3. The summed E-state index contributed by atoms with van der Waals surface area (Å²) in [4.78, 5) is 63.9. The molecule has 2 bridgehead atoms. The molecular weight excluding hydrogens is 936 g/mol. The van der Waals surface area contributed by atoms with Crippen molar-refractivity contribution in [2.75, 3.05) is 75.3 Å². The first-order chi connectivity index (χ1) is 35.9. The monoisotopic (exact) mass is 1000 g/mol. The lowest BCUT2D eigenvalue weighted by Gasteiger charge is -2.43. The fourth-order valence-corrected chi connectivity index (χ4v) is 13.9. The maximum Gasteiger partial charge on any atom is 0.319 e. The van der Waals surface area contributed by atoms with Crippen LogP contribution >= 0.6 is 0 Å². The van der Waals surface area contributed by atoms with E-state index in [-0.39, 0.29) is 52.5 Å². The number of nitrogens with one attached hydrogen (secondary N) is 2. The van der Waals surface area contributed by atoms with Gasteiger partial charge in [-0.3, -0.25) is 34.5 Å². The first-order valence-electron chi connectivity index (χ1n) is 27.2. The van der Waals surface area contributed by atoms with E-state index in [0.717, 1.165) is 121 Å². The number of rotatable bonds is 11. The van der Waals surface area contributed by atoms with Gasteiger partial charge in [-0.05, 0) is 130 Å². The largest absolute Gasteiger partial charge is 0.508 e. The Bertz CT molecular complexity index is 3110. The highest BCUT2D eigenvalue weighted by atomic mass is 19.1. The third kappa shape index (κ3) is 8.77. The molecule has 2 aromatic heterocycles. The van der Waals surface area contributed by atoms with Gasteiger partial charge < -0.3 is 29.9 Å². The van der Waals surface area contributed by atoms with Crippen molar-refractivity contribution in [1.29, 1.82) is 0 Å². The number of amides is 3. The number of phenols is 1. The summed E-state index contributed by atoms with van der Waals surface area (Å²) in [7, 11) is 0. The molecule has 2 saturated carbocycles. The van der Waals surface area contributed by atoms with Crippen molar-refractivity contribution in [3.05, 3.63) is 77.2 Å². The quantitative estimate of drug-likeness (QED) is 0.0977. The van der Waals surface area contributed by atoms with Crippen LogP contribution in [0.15, 0.2) is 54.7 Å². The van der Waals surface area contributed by atoms with Crippen LogP contribution in [-0.4, -0.2) is 142 Å². The Balaban J connectivity index is 0.667. The molecule has 3 aromatic carbocycles. The van der Waals surface area contributed by atoms with Gasteiger partial charge in [0.25, 0.3) is 5.91 Å². The van der Waals surface area contributed by atoms with E-state index >= 15 is 4.39 Å². The van der Waals surface area contributed by atoms with Crippen LogP contribution in [0, 0.1) is 41.3 Å². The maximum atomic E-state index is 17.4. The van der Waals surface area contributed by atoms with Gasteiger partial charge in [0.1, 0.15) is 28.8 Å². The zero-order chi connectivity index (χ0) is 50.4. The smallest absolute Gasteiger partial charge is 0.319 e. The second-order valence-corrected chi connectivity index (χ2v) is 23.1. The van der Waals surface area contributed by atoms with Gasteiger partial charge in [0.15, 0.2) is 5.82 Å². The minimum absolute atomic E-state index is 0.00631. The SMILES string of the molecule is C#Cc1cccc2cc(O)cc(-c3ncc4c(N5CC6CC7CCC7CC(C5)N6)nc(OCC5(CN6CCN(CC7CCN(c8ccc9c(c8)CN(C8CCC(=O)NC8=O)C9=O)CC7)[C@@H](C)C6)CC5)nc4c3F)c12. The topological polar surface area (TPSA) is 160 Å². The highest BCUT2D eigenvalue weighted by molar-refractivity contribution is 6.06. The standard InChI is InChI=1S/C58H65FN10O5/c1-3-36-5-4-6-39-24-44(70)25-46(50(36)39)52-51(59)53-47(26-60-52)54(68-30-41-21-37-7-8-38(37)22-42(31-68)61-41)64-57(63-53)74-33-58(15-16-58)32-65-19-20-67(34(2)27-65)28-35-13-17-66(18-14-35)43-9-10-45-40(23-43)29-69(56(45)73)48-11-12-49(71)62-55(48)72/h1,4-6,9-10,23-26,34-35,37-38,41-42,48,61,70H,7-8,11-22,27-33H2,2H3,(H,62,71,72)/t34-,37?,38?,41?,42?,48?/m0/s1. The Labute approximate surface area is 431 Å². The van der Waals surface area contributed by atoms with Crippen LogP contribution in [-0.2, 0) is 16.1 Å². The van der Waals surface area contributed by atoms with Crippen LogP contribution in [0.3, 0.4) is 0 Å². The number of aromatic nitrogens is 3. The van der Waals surface area contributed by atoms with Gasteiger partial charge in [-0.2, -0.15) is 9.97 Å². The predicted molar refractivity (Wildman–Crippen MR) is 280 cm³/mol. The van der Waals surface area contributed by atoms with Gasteiger partial charge in [0.05, 0.1) is 12.0 Å². The molecule has 3 amide bonds. The summed E-state index contributed by atoms with van der Waals surface area (Å²) in [6.45, 7) is 11.6. The Kier molecular flexibility index (Phi) is 12.0. The molecule has 15 nitrogen and oxygen atoms in total. The molecule has 6 atom stereocenters. The van der Waals surface area contributed by atoms with Gasteiger partial charge in [-0.25, -0.2) is 4.39 Å². The van der Waals surface area contributed by atoms with Crippen molar-refractivity contribution in [2.45, 2.75) is 102 Å². The summed E-state index contributed by atoms with van der Waals surface area (Å²) >= 11 is 0. The molecule has 6 aliphatic heterocycles. The van der Waals surface area contributed by atoms with Crippen molar-refractivity contribution in [3.63, 3.8) is 0 Å². The minimum atomic E-state index is -0.611. The average Bonchev–Trinajstić information content (AvgIpc) is 4.10. The lowest BCUT2D eigenvalue weighted by molar-refractivity contribution is -0.136. The Morgan fingerprint density at radius 2 is 1.70 bits per heavy atom. The fourth-order valence-electron chi connectivity index (χ4n) is 13.9. The zero-order valence-electron chi connectivity index (χ0n) is 42.2. The number of nitrogens with zero attached hydrogens (tertiary/aromatic N) is 8. The summed E-state index contributed by atoms with van der Waals surface area (Å²) < 4.78 is 24.1. The third-order valence-electron chi connectivity index (χ3n) is 18.3. The van der Waals surface area contributed by atoms with E-state index in [9.17, 15) is 19.5 Å². The lowest BCUT2D eigenvalue weighted by Crippen LogP contribution is -2.56. The van der Waals surface area contributed by atoms with Crippen LogP contribution < -0.4 is 25.2 Å². The van der Waals surface area contributed by atoms with E-state index in [2.05, 4.69) is 49.1 Å². The van der Waals surface area contributed by atoms with Crippen LogP contribution in [0.1, 0.15) is 92.6 Å². The third-order valence-corrected chi connectivity index (χ3v) is 18.3. The van der Waals surface area contributed by atoms with Gasteiger partial charge >= 0.3 is 6.01 Å². The number of carbonyl (C=O) groups is 3. The highest BCUT2D eigenvalue weighted by Crippen LogP contribution is 2.48. The van der Waals surface area contributed by atoms with Crippen LogP contribution in [0.25, 0.3) is 32.9 Å². The van der Waals surface area contributed by atoms with Crippen molar-refractivity contribution in [2.24, 2.45) is 23.2 Å². The Hall–Kier alpha value is -6.41. The number of fused-ring (bicyclic) bond motifs is 6. The molecule has 0 radical (unpaired) electrons. The number of aromatic hydroxyl groups is 1. The predicted octanol–water partition coefficient (Wildman–Crippen LogP) is 6.48. The highest BCUT2D eigenvalue weighted by Gasteiger charge is 2.47. The van der Waals surface area contributed by atoms with E-state index < -0.39 is 11.9 Å². The number of pyridine rings is 1. The number of ether oxygens (including phenoxy) is 1. The molecule has 0 spiro atoms. The molecule has 384 valence electrons. The van der Waals surface area contributed by atoms with E-state index in [1.807, 2.05) is 30.3 Å². The van der Waals surface area contributed by atoms with Crippen molar-refractivity contribution in [3.8, 4) is 35.4 Å². The molecule has 5 unspecified atom stereocenters. The number of hydrogen-bond donors (Lipinski definition) is 3. The van der Waals surface area contributed by atoms with Gasteiger partial charge in [0, 0.05) is 129 Å². The maximum absolute atomic E-state index is 17.4. The van der Waals surface area contributed by atoms with Gasteiger partial charge in [-0.15, -0.1) is 6.42 Å². The average molecular weight is 1000 g/mol. The van der Waals surface area contributed by atoms with Crippen molar-refractivity contribution in [1.82, 2.24) is 40.3 Å². The van der Waals surface area contributed by atoms with Gasteiger partial charge in [0.2, 0.25) is 11.8 Å². The Morgan fingerprint density at radius 3 is 2.43 bits per heavy atom. The number of imide groups is 1. The molecular formula is C58H65FN10O5. The zero-order valence-corrected chi connectivity index (χ0v) is 42.2. The number of phenolic OH excluding ortho intramolecular Hbond substituents is 1. The molecule has 13 rings (SSSR count). The summed E-state index contributed by atoms with van der Waals surface area (Å²) in [5, 5.41) is 19.0.